The third-order valence-electron chi connectivity index (χ3n) is 1.73. The smallest absolute Gasteiger partial charge is 0.434 e. The van der Waals surface area contributed by atoms with E-state index in [1.54, 1.807) is 31.2 Å². The Labute approximate surface area is 98.1 Å². The van der Waals surface area contributed by atoms with E-state index in [9.17, 15) is 9.59 Å². The van der Waals surface area contributed by atoms with Crippen LogP contribution in [0.3, 0.4) is 0 Å². The average molecular weight is 243 g/mol. The number of carbonyl (C=O) groups is 2. The summed E-state index contributed by atoms with van der Waals surface area (Å²) in [6, 6.07) is 6.47. The molecule has 1 rings (SSSR count). The van der Waals surface area contributed by atoms with Gasteiger partial charge in [0.25, 0.3) is 0 Å². The molecule has 0 aliphatic rings. The molecule has 0 fully saturated rings. The van der Waals surface area contributed by atoms with Gasteiger partial charge in [0.05, 0.1) is 6.61 Å². The lowest BCUT2D eigenvalue weighted by Crippen LogP contribution is -2.09. The van der Waals surface area contributed by atoms with Gasteiger partial charge < -0.3 is 9.47 Å². The highest BCUT2D eigenvalue weighted by Crippen LogP contribution is 2.13. The highest BCUT2D eigenvalue weighted by atomic mass is 35.5. The largest absolute Gasteiger partial charge is 0.513 e. The van der Waals surface area contributed by atoms with E-state index in [1.165, 1.54) is 0 Å². The van der Waals surface area contributed by atoms with Crippen molar-refractivity contribution in [2.24, 2.45) is 0 Å². The third kappa shape index (κ3) is 4.31. The first-order valence-corrected chi connectivity index (χ1v) is 5.11. The highest BCUT2D eigenvalue weighted by Gasteiger charge is 2.05. The topological polar surface area (TPSA) is 52.6 Å². The molecule has 0 spiro atoms. The van der Waals surface area contributed by atoms with Gasteiger partial charge in [-0.1, -0.05) is 12.1 Å². The summed E-state index contributed by atoms with van der Waals surface area (Å²) < 4.78 is 9.44. The van der Waals surface area contributed by atoms with Crippen molar-refractivity contribution in [1.82, 2.24) is 0 Å². The zero-order chi connectivity index (χ0) is 12.0. The predicted molar refractivity (Wildman–Crippen MR) is 58.7 cm³/mol. The lowest BCUT2D eigenvalue weighted by molar-refractivity contribution is -0.111. The maximum absolute atomic E-state index is 11.0. The van der Waals surface area contributed by atoms with E-state index in [0.29, 0.717) is 5.75 Å². The van der Waals surface area contributed by atoms with E-state index in [-0.39, 0.29) is 13.0 Å². The molecular formula is C11H11ClO4. The van der Waals surface area contributed by atoms with Crippen LogP contribution in [0.15, 0.2) is 24.3 Å². The Morgan fingerprint density at radius 3 is 2.38 bits per heavy atom. The summed E-state index contributed by atoms with van der Waals surface area (Å²) in [4.78, 5) is 21.6. The van der Waals surface area contributed by atoms with Gasteiger partial charge >= 0.3 is 6.16 Å². The first kappa shape index (κ1) is 12.5. The van der Waals surface area contributed by atoms with Crippen LogP contribution < -0.4 is 4.74 Å². The van der Waals surface area contributed by atoms with Crippen LogP contribution in [0.25, 0.3) is 0 Å². The van der Waals surface area contributed by atoms with Crippen molar-refractivity contribution < 1.29 is 19.1 Å². The lowest BCUT2D eigenvalue weighted by atomic mass is 10.2. The fourth-order valence-corrected chi connectivity index (χ4v) is 1.23. The van der Waals surface area contributed by atoms with Crippen molar-refractivity contribution in [3.63, 3.8) is 0 Å². The molecule has 0 bridgehead atoms. The molecule has 0 saturated heterocycles. The molecule has 0 radical (unpaired) electrons. The fourth-order valence-electron chi connectivity index (χ4n) is 1.08. The second-order valence-electron chi connectivity index (χ2n) is 2.96. The maximum Gasteiger partial charge on any atom is 0.513 e. The Morgan fingerprint density at radius 2 is 1.88 bits per heavy atom. The second kappa shape index (κ2) is 6.12. The molecule has 4 nitrogen and oxygen atoms in total. The quantitative estimate of drug-likeness (QED) is 0.463. The molecule has 0 atom stereocenters. The van der Waals surface area contributed by atoms with Crippen LogP contribution in [-0.2, 0) is 16.0 Å². The van der Waals surface area contributed by atoms with Crippen molar-refractivity contribution >= 4 is 23.0 Å². The van der Waals surface area contributed by atoms with Crippen molar-refractivity contribution in [3.8, 4) is 5.75 Å². The molecule has 1 aromatic rings. The van der Waals surface area contributed by atoms with Crippen molar-refractivity contribution in [2.45, 2.75) is 13.3 Å². The summed E-state index contributed by atoms with van der Waals surface area (Å²) in [6.45, 7) is 1.95. The summed E-state index contributed by atoms with van der Waals surface area (Å²) in [6.07, 6.45) is -0.593. The summed E-state index contributed by atoms with van der Waals surface area (Å²) in [7, 11) is 0. The highest BCUT2D eigenvalue weighted by molar-refractivity contribution is 6.63. The van der Waals surface area contributed by atoms with Gasteiger partial charge in [0.1, 0.15) is 5.75 Å². The molecule has 86 valence electrons. The zero-order valence-corrected chi connectivity index (χ0v) is 9.49. The number of halogens is 1. The predicted octanol–water partition coefficient (Wildman–Crippen LogP) is 2.53. The number of ether oxygens (including phenoxy) is 2. The van der Waals surface area contributed by atoms with Crippen LogP contribution in [-0.4, -0.2) is 18.0 Å². The maximum atomic E-state index is 11.0. The summed E-state index contributed by atoms with van der Waals surface area (Å²) in [5.41, 5.74) is 0.760. The standard InChI is InChI=1S/C11H11ClO4/c1-2-15-11(14)16-9-5-3-8(4-6-9)7-10(12)13/h3-6H,2,7H2,1H3. The molecular weight excluding hydrogens is 232 g/mol. The molecule has 1 aromatic carbocycles. The van der Waals surface area contributed by atoms with Crippen LogP contribution in [0.4, 0.5) is 4.79 Å². The molecule has 0 N–H and O–H groups in total. The van der Waals surface area contributed by atoms with Gasteiger partial charge in [-0.3, -0.25) is 4.79 Å². The monoisotopic (exact) mass is 242 g/mol. The third-order valence-corrected chi connectivity index (χ3v) is 1.86. The van der Waals surface area contributed by atoms with Gasteiger partial charge in [0.2, 0.25) is 5.24 Å². The van der Waals surface area contributed by atoms with Crippen LogP contribution >= 0.6 is 11.6 Å². The molecule has 0 aromatic heterocycles. The van der Waals surface area contributed by atoms with E-state index in [0.717, 1.165) is 5.56 Å². The first-order valence-electron chi connectivity index (χ1n) is 4.73. The molecule has 5 heteroatoms. The van der Waals surface area contributed by atoms with E-state index >= 15 is 0 Å². The summed E-state index contributed by atoms with van der Waals surface area (Å²) in [5.74, 6) is 0.365. The van der Waals surface area contributed by atoms with Crippen molar-refractivity contribution in [1.29, 1.82) is 0 Å². The molecule has 0 saturated carbocycles. The van der Waals surface area contributed by atoms with Gasteiger partial charge in [-0.25, -0.2) is 4.79 Å². The Bertz CT molecular complexity index is 372. The molecule has 0 heterocycles. The number of carbonyl (C=O) groups excluding carboxylic acids is 2. The molecule has 0 unspecified atom stereocenters. The Hall–Kier alpha value is -1.55. The van der Waals surface area contributed by atoms with Gasteiger partial charge in [0, 0.05) is 6.42 Å². The minimum Gasteiger partial charge on any atom is -0.434 e. The van der Waals surface area contributed by atoms with E-state index in [1.807, 2.05) is 0 Å². The lowest BCUT2D eigenvalue weighted by Gasteiger charge is -2.04. The summed E-state index contributed by atoms with van der Waals surface area (Å²) >= 11 is 5.23. The van der Waals surface area contributed by atoms with E-state index < -0.39 is 11.4 Å². The molecule has 0 amide bonds. The van der Waals surface area contributed by atoms with Gasteiger partial charge in [-0.05, 0) is 36.2 Å². The fraction of sp³-hybridized carbons (Fsp3) is 0.273. The SMILES string of the molecule is CCOC(=O)Oc1ccc(CC(=O)Cl)cc1. The van der Waals surface area contributed by atoms with E-state index in [4.69, 9.17) is 16.3 Å². The zero-order valence-electron chi connectivity index (χ0n) is 8.73. The van der Waals surface area contributed by atoms with Gasteiger partial charge in [0.15, 0.2) is 0 Å². The van der Waals surface area contributed by atoms with Crippen molar-refractivity contribution in [2.75, 3.05) is 6.61 Å². The number of benzene rings is 1. The Balaban J connectivity index is 2.57. The number of hydrogen-bond acceptors (Lipinski definition) is 4. The van der Waals surface area contributed by atoms with E-state index in [2.05, 4.69) is 4.74 Å². The minimum atomic E-state index is -0.747. The molecule has 0 aliphatic carbocycles. The molecule has 16 heavy (non-hydrogen) atoms. The minimum absolute atomic E-state index is 0.154. The summed E-state index contributed by atoms with van der Waals surface area (Å²) in [5, 5.41) is -0.431. The van der Waals surface area contributed by atoms with Crippen LogP contribution in [0.5, 0.6) is 5.75 Å². The van der Waals surface area contributed by atoms with Crippen LogP contribution in [0.1, 0.15) is 12.5 Å². The first-order chi connectivity index (χ1) is 7.61. The normalized spacial score (nSPS) is 9.62. The molecule has 0 aliphatic heterocycles. The van der Waals surface area contributed by atoms with Gasteiger partial charge in [-0.15, -0.1) is 0 Å². The van der Waals surface area contributed by atoms with Gasteiger partial charge in [-0.2, -0.15) is 0 Å². The van der Waals surface area contributed by atoms with Crippen LogP contribution in [0, 0.1) is 0 Å². The Kier molecular flexibility index (Phi) is 4.79. The number of rotatable bonds is 4. The van der Waals surface area contributed by atoms with Crippen molar-refractivity contribution in [3.05, 3.63) is 29.8 Å². The Morgan fingerprint density at radius 1 is 1.25 bits per heavy atom. The number of hydrogen-bond donors (Lipinski definition) is 0. The van der Waals surface area contributed by atoms with Crippen LogP contribution in [0.2, 0.25) is 0 Å². The average Bonchev–Trinajstić information content (AvgIpc) is 2.20. The second-order valence-corrected chi connectivity index (χ2v) is 3.38.